The average Bonchev–Trinajstić information content (AvgIpc) is 2.45. The number of hydrogen-bond donors (Lipinski definition) is 1. The molecule has 1 atom stereocenters. The minimum atomic E-state index is -0.352. The van der Waals surface area contributed by atoms with E-state index in [-0.39, 0.29) is 22.9 Å². The van der Waals surface area contributed by atoms with Crippen molar-refractivity contribution in [2.24, 2.45) is 0 Å². The topological polar surface area (TPSA) is 73.6 Å². The molecule has 1 aromatic carbocycles. The van der Waals surface area contributed by atoms with Crippen LogP contribution in [0.4, 0.5) is 5.69 Å². The molecule has 0 saturated heterocycles. The van der Waals surface area contributed by atoms with E-state index in [9.17, 15) is 10.1 Å². The van der Waals surface area contributed by atoms with E-state index in [1.54, 1.807) is 19.1 Å². The summed E-state index contributed by atoms with van der Waals surface area (Å²) in [6.45, 7) is 9.22. The molecule has 0 radical (unpaired) electrons. The number of aryl methyl sites for hydroxylation is 1. The first-order valence-corrected chi connectivity index (χ1v) is 7.21. The molecule has 6 nitrogen and oxygen atoms in total. The molecule has 0 bridgehead atoms. The molecule has 0 amide bonds. The molecular weight excluding hydrogens is 272 g/mol. The van der Waals surface area contributed by atoms with E-state index in [1.807, 2.05) is 26.8 Å². The van der Waals surface area contributed by atoms with Crippen LogP contribution in [0.15, 0.2) is 18.2 Å². The number of benzene rings is 1. The Kier molecular flexibility index (Phi) is 7.28. The summed E-state index contributed by atoms with van der Waals surface area (Å²) in [5, 5.41) is 14.3. The van der Waals surface area contributed by atoms with E-state index < -0.39 is 0 Å². The van der Waals surface area contributed by atoms with Gasteiger partial charge in [0.2, 0.25) is 0 Å². The summed E-state index contributed by atoms with van der Waals surface area (Å²) in [6.07, 6.45) is -0.303. The van der Waals surface area contributed by atoms with Crippen molar-refractivity contribution < 1.29 is 14.4 Å². The fourth-order valence-corrected chi connectivity index (χ4v) is 2.02. The Balaban J connectivity index is 2.68. The largest absolute Gasteiger partial charge is 0.352 e. The van der Waals surface area contributed by atoms with E-state index >= 15 is 0 Å². The first-order chi connectivity index (χ1) is 9.99. The lowest BCUT2D eigenvalue weighted by Crippen LogP contribution is -2.33. The second-order valence-corrected chi connectivity index (χ2v) is 4.77. The molecule has 21 heavy (non-hydrogen) atoms. The van der Waals surface area contributed by atoms with Gasteiger partial charge in [0, 0.05) is 37.4 Å². The highest BCUT2D eigenvalue weighted by Crippen LogP contribution is 2.23. The Morgan fingerprint density at radius 1 is 1.29 bits per heavy atom. The maximum Gasteiger partial charge on any atom is 0.272 e. The van der Waals surface area contributed by atoms with Crippen LogP contribution in [0.2, 0.25) is 0 Å². The summed E-state index contributed by atoms with van der Waals surface area (Å²) in [5.74, 6) is 0. The number of ether oxygens (including phenoxy) is 2. The van der Waals surface area contributed by atoms with Crippen LogP contribution >= 0.6 is 0 Å². The van der Waals surface area contributed by atoms with Crippen LogP contribution in [0.25, 0.3) is 0 Å². The molecular formula is C15H24N2O4. The molecule has 1 N–H and O–H groups in total. The van der Waals surface area contributed by atoms with Crippen molar-refractivity contribution >= 4 is 5.69 Å². The lowest BCUT2D eigenvalue weighted by molar-refractivity contribution is -0.385. The Bertz CT molecular complexity index is 459. The van der Waals surface area contributed by atoms with Gasteiger partial charge in [-0.25, -0.2) is 0 Å². The summed E-state index contributed by atoms with van der Waals surface area (Å²) in [7, 11) is 0. The number of nitro benzene ring substituents is 1. The van der Waals surface area contributed by atoms with Gasteiger partial charge in [0.25, 0.3) is 5.69 Å². The van der Waals surface area contributed by atoms with E-state index in [2.05, 4.69) is 5.32 Å². The Morgan fingerprint density at radius 3 is 2.43 bits per heavy atom. The molecule has 0 fully saturated rings. The van der Waals surface area contributed by atoms with Crippen molar-refractivity contribution in [2.45, 2.75) is 40.0 Å². The van der Waals surface area contributed by atoms with Gasteiger partial charge < -0.3 is 14.8 Å². The summed E-state index contributed by atoms with van der Waals surface area (Å²) in [5.41, 5.74) is 1.68. The van der Waals surface area contributed by atoms with Gasteiger partial charge in [-0.1, -0.05) is 12.1 Å². The number of hydrogen-bond acceptors (Lipinski definition) is 5. The van der Waals surface area contributed by atoms with Crippen LogP contribution in [0.1, 0.15) is 37.9 Å². The Morgan fingerprint density at radius 2 is 1.90 bits per heavy atom. The lowest BCUT2D eigenvalue weighted by Gasteiger charge is -2.21. The van der Waals surface area contributed by atoms with Crippen molar-refractivity contribution in [1.82, 2.24) is 5.32 Å². The highest BCUT2D eigenvalue weighted by molar-refractivity contribution is 5.43. The van der Waals surface area contributed by atoms with E-state index in [0.717, 1.165) is 5.56 Å². The van der Waals surface area contributed by atoms with Gasteiger partial charge in [0.05, 0.1) is 4.92 Å². The predicted molar refractivity (Wildman–Crippen MR) is 81.3 cm³/mol. The second kappa shape index (κ2) is 8.71. The van der Waals surface area contributed by atoms with Gasteiger partial charge in [-0.05, 0) is 33.3 Å². The quantitative estimate of drug-likeness (QED) is 0.431. The zero-order valence-electron chi connectivity index (χ0n) is 13.1. The maximum absolute atomic E-state index is 11.0. The average molecular weight is 296 g/mol. The van der Waals surface area contributed by atoms with Crippen LogP contribution < -0.4 is 5.32 Å². The monoisotopic (exact) mass is 296 g/mol. The second-order valence-electron chi connectivity index (χ2n) is 4.77. The number of rotatable bonds is 9. The van der Waals surface area contributed by atoms with Crippen LogP contribution in [-0.2, 0) is 9.47 Å². The molecule has 0 heterocycles. The normalized spacial score (nSPS) is 12.6. The maximum atomic E-state index is 11.0. The summed E-state index contributed by atoms with van der Waals surface area (Å²) in [6, 6.07) is 5.27. The molecule has 1 unspecified atom stereocenters. The number of nitrogens with zero attached hydrogens (tertiary/aromatic N) is 1. The number of nitro groups is 1. The van der Waals surface area contributed by atoms with Gasteiger partial charge >= 0.3 is 0 Å². The van der Waals surface area contributed by atoms with Crippen molar-refractivity contribution in [1.29, 1.82) is 0 Å². The summed E-state index contributed by atoms with van der Waals surface area (Å²) in [4.78, 5) is 10.6. The fourth-order valence-electron chi connectivity index (χ4n) is 2.02. The standard InChI is InChI=1S/C15H24N2O4/c1-5-20-15(21-6-2)10-16-12(4)13-8-7-11(3)14(9-13)17(18)19/h7-9,12,15-16H,5-6,10H2,1-4H3. The first kappa shape index (κ1) is 17.6. The van der Waals surface area contributed by atoms with Gasteiger partial charge in [-0.15, -0.1) is 0 Å². The highest BCUT2D eigenvalue weighted by atomic mass is 16.7. The third kappa shape index (κ3) is 5.41. The molecule has 0 spiro atoms. The minimum Gasteiger partial charge on any atom is -0.352 e. The lowest BCUT2D eigenvalue weighted by atomic mass is 10.0. The van der Waals surface area contributed by atoms with Crippen LogP contribution in [0, 0.1) is 17.0 Å². The van der Waals surface area contributed by atoms with Gasteiger partial charge in [0.15, 0.2) is 6.29 Å². The molecule has 118 valence electrons. The SMILES string of the molecule is CCOC(CNC(C)c1ccc(C)c([N+](=O)[O-])c1)OCC. The molecule has 0 saturated carbocycles. The van der Waals surface area contributed by atoms with E-state index in [4.69, 9.17) is 9.47 Å². The third-order valence-corrected chi connectivity index (χ3v) is 3.23. The van der Waals surface area contributed by atoms with Crippen molar-refractivity contribution in [3.8, 4) is 0 Å². The minimum absolute atomic E-state index is 0.0206. The smallest absolute Gasteiger partial charge is 0.272 e. The van der Waals surface area contributed by atoms with Crippen molar-refractivity contribution in [3.63, 3.8) is 0 Å². The third-order valence-electron chi connectivity index (χ3n) is 3.23. The molecule has 1 rings (SSSR count). The molecule has 0 aliphatic rings. The summed E-state index contributed by atoms with van der Waals surface area (Å²) >= 11 is 0. The first-order valence-electron chi connectivity index (χ1n) is 7.21. The Labute approximate surface area is 125 Å². The van der Waals surface area contributed by atoms with Crippen LogP contribution in [0.3, 0.4) is 0 Å². The zero-order valence-corrected chi connectivity index (χ0v) is 13.1. The van der Waals surface area contributed by atoms with Gasteiger partial charge in [0.1, 0.15) is 0 Å². The fraction of sp³-hybridized carbons (Fsp3) is 0.600. The van der Waals surface area contributed by atoms with Gasteiger partial charge in [-0.2, -0.15) is 0 Å². The van der Waals surface area contributed by atoms with Gasteiger partial charge in [-0.3, -0.25) is 10.1 Å². The van der Waals surface area contributed by atoms with Crippen molar-refractivity contribution in [2.75, 3.05) is 19.8 Å². The van der Waals surface area contributed by atoms with Crippen LogP contribution in [-0.4, -0.2) is 31.0 Å². The molecule has 0 aliphatic carbocycles. The van der Waals surface area contributed by atoms with E-state index in [1.165, 1.54) is 0 Å². The van der Waals surface area contributed by atoms with E-state index in [0.29, 0.717) is 25.3 Å². The van der Waals surface area contributed by atoms with Crippen LogP contribution in [0.5, 0.6) is 0 Å². The van der Waals surface area contributed by atoms with Crippen molar-refractivity contribution in [3.05, 3.63) is 39.4 Å². The predicted octanol–water partition coefficient (Wildman–Crippen LogP) is 2.95. The highest BCUT2D eigenvalue weighted by Gasteiger charge is 2.15. The summed E-state index contributed by atoms with van der Waals surface area (Å²) < 4.78 is 10.9. The Hall–Kier alpha value is -1.50. The molecule has 1 aromatic rings. The molecule has 0 aliphatic heterocycles. The molecule has 0 aromatic heterocycles. The molecule has 6 heteroatoms. The number of nitrogens with one attached hydrogen (secondary N) is 1. The zero-order chi connectivity index (χ0) is 15.8.